The predicted molar refractivity (Wildman–Crippen MR) is 87.8 cm³/mol. The quantitative estimate of drug-likeness (QED) is 0.789. The van der Waals surface area contributed by atoms with Crippen LogP contribution in [0.5, 0.6) is 0 Å². The fraction of sp³-hybridized carbons (Fsp3) is 0.500. The largest absolute Gasteiger partial charge is 0.478 e. The second kappa shape index (κ2) is 7.48. The number of carbonyl (C=O) groups is 1. The third kappa shape index (κ3) is 4.81. The van der Waals surface area contributed by atoms with Crippen molar-refractivity contribution in [2.45, 2.75) is 12.5 Å². The van der Waals surface area contributed by atoms with Crippen LogP contribution in [0.15, 0.2) is 18.2 Å². The zero-order valence-corrected chi connectivity index (χ0v) is 14.2. The van der Waals surface area contributed by atoms with Crippen LogP contribution < -0.4 is 9.62 Å². The molecular formula is C14H19ClN2O5S. The summed E-state index contributed by atoms with van der Waals surface area (Å²) >= 11 is 5.93. The van der Waals surface area contributed by atoms with Crippen molar-refractivity contribution in [1.29, 1.82) is 0 Å². The molecule has 0 bridgehead atoms. The number of carboxylic acids is 1. The van der Waals surface area contributed by atoms with E-state index in [9.17, 15) is 13.2 Å². The molecule has 1 fully saturated rings. The molecule has 1 aliphatic rings. The smallest absolute Gasteiger partial charge is 0.337 e. The maximum atomic E-state index is 12.0. The maximum absolute atomic E-state index is 12.0. The molecule has 1 aromatic rings. The molecule has 128 valence electrons. The SMILES string of the molecule is CS(=O)(=O)N(CCC1CNCCO1)c1ccc(C(=O)O)c(Cl)c1. The van der Waals surface area contributed by atoms with Crippen molar-refractivity contribution in [3.05, 3.63) is 28.8 Å². The second-order valence-electron chi connectivity index (χ2n) is 5.29. The van der Waals surface area contributed by atoms with Crippen molar-refractivity contribution in [2.75, 3.05) is 36.8 Å². The number of anilines is 1. The number of benzene rings is 1. The van der Waals surface area contributed by atoms with Gasteiger partial charge in [-0.05, 0) is 24.6 Å². The first kappa shape index (κ1) is 18.0. The number of hydrogen-bond donors (Lipinski definition) is 2. The molecule has 9 heteroatoms. The lowest BCUT2D eigenvalue weighted by atomic mass is 10.2. The van der Waals surface area contributed by atoms with E-state index < -0.39 is 16.0 Å². The molecule has 1 atom stereocenters. The van der Waals surface area contributed by atoms with Gasteiger partial charge in [-0.3, -0.25) is 4.31 Å². The van der Waals surface area contributed by atoms with Gasteiger partial charge < -0.3 is 15.2 Å². The van der Waals surface area contributed by atoms with E-state index in [4.69, 9.17) is 21.4 Å². The Morgan fingerprint density at radius 2 is 2.26 bits per heavy atom. The molecule has 23 heavy (non-hydrogen) atoms. The molecule has 0 radical (unpaired) electrons. The van der Waals surface area contributed by atoms with Crippen LogP contribution in [0.2, 0.25) is 5.02 Å². The van der Waals surface area contributed by atoms with Gasteiger partial charge in [-0.2, -0.15) is 0 Å². The Morgan fingerprint density at radius 3 is 2.78 bits per heavy atom. The second-order valence-corrected chi connectivity index (χ2v) is 7.60. The van der Waals surface area contributed by atoms with Crippen LogP contribution >= 0.6 is 11.6 Å². The number of halogens is 1. The van der Waals surface area contributed by atoms with Crippen LogP contribution in [0.4, 0.5) is 5.69 Å². The first-order chi connectivity index (χ1) is 10.8. The summed E-state index contributed by atoms with van der Waals surface area (Å²) in [6.07, 6.45) is 1.58. The topological polar surface area (TPSA) is 95.9 Å². The standard InChI is InChI=1S/C14H19ClN2O5S/c1-23(20,21)17(6-4-11-9-16-5-7-22-11)10-2-3-12(14(18)19)13(15)8-10/h2-3,8,11,16H,4-7,9H2,1H3,(H,18,19). The number of ether oxygens (including phenoxy) is 1. The highest BCUT2D eigenvalue weighted by molar-refractivity contribution is 7.92. The average Bonchev–Trinajstić information content (AvgIpc) is 2.47. The van der Waals surface area contributed by atoms with Crippen molar-refractivity contribution in [3.8, 4) is 0 Å². The lowest BCUT2D eigenvalue weighted by Gasteiger charge is -2.28. The van der Waals surface area contributed by atoms with E-state index in [1.54, 1.807) is 0 Å². The van der Waals surface area contributed by atoms with Crippen molar-refractivity contribution >= 4 is 33.3 Å². The van der Waals surface area contributed by atoms with Gasteiger partial charge in [0.05, 0.1) is 35.2 Å². The number of rotatable bonds is 6. The summed E-state index contributed by atoms with van der Waals surface area (Å²) in [4.78, 5) is 11.0. The van der Waals surface area contributed by atoms with Crippen molar-refractivity contribution < 1.29 is 23.1 Å². The summed E-state index contributed by atoms with van der Waals surface area (Å²) in [5, 5.41) is 12.2. The Hall–Kier alpha value is -1.35. The minimum atomic E-state index is -3.52. The molecule has 1 aromatic carbocycles. The van der Waals surface area contributed by atoms with Gasteiger partial charge in [0.1, 0.15) is 0 Å². The molecule has 0 saturated carbocycles. The number of carboxylic acid groups (broad SMARTS) is 1. The van der Waals surface area contributed by atoms with Gasteiger partial charge in [0.25, 0.3) is 0 Å². The number of nitrogens with one attached hydrogen (secondary N) is 1. The molecule has 2 rings (SSSR count). The highest BCUT2D eigenvalue weighted by Gasteiger charge is 2.22. The lowest BCUT2D eigenvalue weighted by Crippen LogP contribution is -2.41. The van der Waals surface area contributed by atoms with Crippen LogP contribution in [0.1, 0.15) is 16.8 Å². The lowest BCUT2D eigenvalue weighted by molar-refractivity contribution is 0.0253. The Bertz CT molecular complexity index is 674. The summed E-state index contributed by atoms with van der Waals surface area (Å²) in [7, 11) is -3.52. The average molecular weight is 363 g/mol. The highest BCUT2D eigenvalue weighted by atomic mass is 35.5. The van der Waals surface area contributed by atoms with Crippen molar-refractivity contribution in [3.63, 3.8) is 0 Å². The minimum Gasteiger partial charge on any atom is -0.478 e. The molecule has 2 N–H and O–H groups in total. The van der Waals surface area contributed by atoms with Crippen LogP contribution in [0.3, 0.4) is 0 Å². The van der Waals surface area contributed by atoms with E-state index in [1.165, 1.54) is 22.5 Å². The third-order valence-electron chi connectivity index (χ3n) is 3.53. The van der Waals surface area contributed by atoms with Crippen LogP contribution in [-0.4, -0.2) is 58.1 Å². The highest BCUT2D eigenvalue weighted by Crippen LogP contribution is 2.26. The van der Waals surface area contributed by atoms with Gasteiger partial charge in [0, 0.05) is 19.6 Å². The molecule has 0 amide bonds. The summed E-state index contributed by atoms with van der Waals surface area (Å²) in [5.41, 5.74) is 0.273. The number of hydrogen-bond acceptors (Lipinski definition) is 5. The van der Waals surface area contributed by atoms with E-state index in [2.05, 4.69) is 5.32 Å². The van der Waals surface area contributed by atoms with Crippen LogP contribution in [0, 0.1) is 0 Å². The van der Waals surface area contributed by atoms with Crippen molar-refractivity contribution in [2.24, 2.45) is 0 Å². The van der Waals surface area contributed by atoms with Crippen LogP contribution in [0.25, 0.3) is 0 Å². The van der Waals surface area contributed by atoms with E-state index in [1.807, 2.05) is 0 Å². The van der Waals surface area contributed by atoms with E-state index >= 15 is 0 Å². The Morgan fingerprint density at radius 1 is 1.52 bits per heavy atom. The fourth-order valence-electron chi connectivity index (χ4n) is 2.39. The molecule has 1 unspecified atom stereocenters. The number of nitrogens with zero attached hydrogens (tertiary/aromatic N) is 1. The summed E-state index contributed by atoms with van der Waals surface area (Å²) < 4.78 is 30.9. The first-order valence-corrected chi connectivity index (χ1v) is 9.34. The molecule has 1 saturated heterocycles. The maximum Gasteiger partial charge on any atom is 0.337 e. The molecular weight excluding hydrogens is 344 g/mol. The summed E-state index contributed by atoms with van der Waals surface area (Å²) in [6, 6.07) is 4.10. The Balaban J connectivity index is 2.18. The van der Waals surface area contributed by atoms with Gasteiger partial charge >= 0.3 is 5.97 Å². The molecule has 0 aromatic heterocycles. The molecule has 1 aliphatic heterocycles. The summed E-state index contributed by atoms with van der Waals surface area (Å²) in [5.74, 6) is -1.16. The zero-order chi connectivity index (χ0) is 17.0. The molecule has 0 spiro atoms. The van der Waals surface area contributed by atoms with Crippen molar-refractivity contribution in [1.82, 2.24) is 5.32 Å². The number of sulfonamides is 1. The Labute approximate surface area is 140 Å². The molecule has 7 nitrogen and oxygen atoms in total. The molecule has 1 heterocycles. The van der Waals surface area contributed by atoms with Crippen LogP contribution in [-0.2, 0) is 14.8 Å². The van der Waals surface area contributed by atoms with Gasteiger partial charge in [0.2, 0.25) is 10.0 Å². The Kier molecular flexibility index (Phi) is 5.85. The van der Waals surface area contributed by atoms with E-state index in [0.717, 1.165) is 12.8 Å². The van der Waals surface area contributed by atoms with E-state index in [-0.39, 0.29) is 23.2 Å². The molecule has 0 aliphatic carbocycles. The predicted octanol–water partition coefficient (Wildman–Crippen LogP) is 1.18. The normalized spacial score (nSPS) is 18.6. The third-order valence-corrected chi connectivity index (χ3v) is 5.04. The van der Waals surface area contributed by atoms with Gasteiger partial charge in [0.15, 0.2) is 0 Å². The van der Waals surface area contributed by atoms with Gasteiger partial charge in [-0.15, -0.1) is 0 Å². The monoisotopic (exact) mass is 362 g/mol. The van der Waals surface area contributed by atoms with Gasteiger partial charge in [-0.25, -0.2) is 13.2 Å². The zero-order valence-electron chi connectivity index (χ0n) is 12.7. The van der Waals surface area contributed by atoms with E-state index in [0.29, 0.717) is 25.3 Å². The number of aromatic carboxylic acids is 1. The van der Waals surface area contributed by atoms with Gasteiger partial charge in [-0.1, -0.05) is 11.6 Å². The number of morpholine rings is 1. The first-order valence-electron chi connectivity index (χ1n) is 7.12. The minimum absolute atomic E-state index is 0.000710. The fourth-order valence-corrected chi connectivity index (χ4v) is 3.57. The summed E-state index contributed by atoms with van der Waals surface area (Å²) in [6.45, 7) is 2.30.